The van der Waals surface area contributed by atoms with Crippen LogP contribution in [0.4, 0.5) is 5.69 Å². The second-order valence-electron chi connectivity index (χ2n) is 6.59. The molecule has 1 atom stereocenters. The molecule has 3 rings (SSSR count). The van der Waals surface area contributed by atoms with Gasteiger partial charge in [-0.2, -0.15) is 5.10 Å². The van der Waals surface area contributed by atoms with Gasteiger partial charge in [-0.3, -0.25) is 19.4 Å². The molecule has 0 saturated heterocycles. The predicted octanol–water partition coefficient (Wildman–Crippen LogP) is 1.33. The van der Waals surface area contributed by atoms with Crippen LogP contribution in [0.25, 0.3) is 11.3 Å². The highest BCUT2D eigenvalue weighted by molar-refractivity contribution is 7.90. The van der Waals surface area contributed by atoms with E-state index in [-0.39, 0.29) is 4.90 Å². The molecule has 0 bridgehead atoms. The lowest BCUT2D eigenvalue weighted by Crippen LogP contribution is -2.33. The van der Waals surface area contributed by atoms with Crippen molar-refractivity contribution in [3.8, 4) is 11.3 Å². The van der Waals surface area contributed by atoms with Crippen molar-refractivity contribution in [3.63, 3.8) is 0 Å². The standard InChI is InChI=1S/C20H19N5O5S/c1-13(25-19(27)10-9-18(23-25)15-4-3-11-21-12-15)20(28)22-16-5-7-17(8-6-16)31(29,30)24-14(2)26/h3-13H,1-2H3,(H,22,28)(H,24,26). The largest absolute Gasteiger partial charge is 0.324 e. The maximum Gasteiger partial charge on any atom is 0.267 e. The summed E-state index contributed by atoms with van der Waals surface area (Å²) in [5.41, 5.74) is 1.04. The van der Waals surface area contributed by atoms with Gasteiger partial charge in [0, 0.05) is 36.6 Å². The summed E-state index contributed by atoms with van der Waals surface area (Å²) < 4.78 is 26.9. The second kappa shape index (κ2) is 8.88. The van der Waals surface area contributed by atoms with Gasteiger partial charge in [0.15, 0.2) is 0 Å². The lowest BCUT2D eigenvalue weighted by atomic mass is 10.2. The number of rotatable bonds is 6. The van der Waals surface area contributed by atoms with Crippen LogP contribution < -0.4 is 15.6 Å². The minimum absolute atomic E-state index is 0.129. The van der Waals surface area contributed by atoms with Crippen molar-refractivity contribution in [1.82, 2.24) is 19.5 Å². The van der Waals surface area contributed by atoms with Crippen LogP contribution in [0, 0.1) is 0 Å². The summed E-state index contributed by atoms with van der Waals surface area (Å²) in [7, 11) is -3.97. The molecule has 160 valence electrons. The Morgan fingerprint density at radius 2 is 1.77 bits per heavy atom. The first-order valence-electron chi connectivity index (χ1n) is 9.12. The first kappa shape index (κ1) is 21.8. The van der Waals surface area contributed by atoms with E-state index in [1.54, 1.807) is 30.6 Å². The number of hydrogen-bond donors (Lipinski definition) is 2. The lowest BCUT2D eigenvalue weighted by Gasteiger charge is -2.15. The Bertz CT molecular complexity index is 1270. The molecule has 2 aromatic heterocycles. The van der Waals surface area contributed by atoms with Crippen LogP contribution in [0.2, 0.25) is 0 Å². The highest BCUT2D eigenvalue weighted by atomic mass is 32.2. The van der Waals surface area contributed by atoms with E-state index in [0.717, 1.165) is 11.6 Å². The van der Waals surface area contributed by atoms with Crippen LogP contribution in [0.15, 0.2) is 70.6 Å². The van der Waals surface area contributed by atoms with Crippen molar-refractivity contribution in [2.24, 2.45) is 0 Å². The Labute approximate surface area is 178 Å². The predicted molar refractivity (Wildman–Crippen MR) is 113 cm³/mol. The Hall–Kier alpha value is -3.86. The molecule has 11 heteroatoms. The molecule has 1 aromatic carbocycles. The van der Waals surface area contributed by atoms with Crippen LogP contribution in [-0.2, 0) is 19.6 Å². The van der Waals surface area contributed by atoms with Gasteiger partial charge in [0.25, 0.3) is 15.6 Å². The zero-order valence-electron chi connectivity index (χ0n) is 16.6. The summed E-state index contributed by atoms with van der Waals surface area (Å²) in [6, 6.07) is 10.7. The average molecular weight is 441 g/mol. The SMILES string of the molecule is CC(=O)NS(=O)(=O)c1ccc(NC(=O)C(C)n2nc(-c3cccnc3)ccc2=O)cc1. The Morgan fingerprint density at radius 1 is 1.06 bits per heavy atom. The van der Waals surface area contributed by atoms with E-state index in [4.69, 9.17) is 0 Å². The quantitative estimate of drug-likeness (QED) is 0.588. The van der Waals surface area contributed by atoms with Gasteiger partial charge in [-0.1, -0.05) is 0 Å². The number of amides is 2. The number of carbonyl (C=O) groups excluding carboxylic acids is 2. The van der Waals surface area contributed by atoms with Crippen molar-refractivity contribution < 1.29 is 18.0 Å². The van der Waals surface area contributed by atoms with Crippen molar-refractivity contribution in [1.29, 1.82) is 0 Å². The molecule has 2 amide bonds. The van der Waals surface area contributed by atoms with Gasteiger partial charge in [-0.25, -0.2) is 17.8 Å². The minimum atomic E-state index is -3.97. The van der Waals surface area contributed by atoms with Gasteiger partial charge in [-0.15, -0.1) is 0 Å². The number of benzene rings is 1. The Kier molecular flexibility index (Phi) is 6.25. The van der Waals surface area contributed by atoms with Crippen LogP contribution in [0.3, 0.4) is 0 Å². The van der Waals surface area contributed by atoms with Crippen LogP contribution in [0.5, 0.6) is 0 Å². The normalized spacial score (nSPS) is 12.1. The number of sulfonamides is 1. The smallest absolute Gasteiger partial charge is 0.267 e. The molecular formula is C20H19N5O5S. The number of carbonyl (C=O) groups is 2. The number of aromatic nitrogens is 3. The topological polar surface area (TPSA) is 140 Å². The summed E-state index contributed by atoms with van der Waals surface area (Å²) in [5.74, 6) is -1.23. The summed E-state index contributed by atoms with van der Waals surface area (Å²) in [4.78, 5) is 39.8. The monoisotopic (exact) mass is 441 g/mol. The third-order valence-corrected chi connectivity index (χ3v) is 5.69. The number of anilines is 1. The molecule has 31 heavy (non-hydrogen) atoms. The van der Waals surface area contributed by atoms with Gasteiger partial charge in [0.1, 0.15) is 6.04 Å². The average Bonchev–Trinajstić information content (AvgIpc) is 2.73. The van der Waals surface area contributed by atoms with E-state index in [0.29, 0.717) is 16.9 Å². The van der Waals surface area contributed by atoms with E-state index in [2.05, 4.69) is 15.4 Å². The lowest BCUT2D eigenvalue weighted by molar-refractivity contribution is -0.119. The first-order valence-corrected chi connectivity index (χ1v) is 10.6. The van der Waals surface area contributed by atoms with Gasteiger partial charge >= 0.3 is 0 Å². The van der Waals surface area contributed by atoms with Gasteiger partial charge < -0.3 is 5.32 Å². The molecule has 0 aliphatic rings. The van der Waals surface area contributed by atoms with E-state index >= 15 is 0 Å². The summed E-state index contributed by atoms with van der Waals surface area (Å²) >= 11 is 0. The van der Waals surface area contributed by atoms with Crippen molar-refractivity contribution in [2.75, 3.05) is 5.32 Å². The molecule has 0 fully saturated rings. The molecule has 0 saturated carbocycles. The Balaban J connectivity index is 1.78. The second-order valence-corrected chi connectivity index (χ2v) is 8.28. The minimum Gasteiger partial charge on any atom is -0.324 e. The zero-order valence-corrected chi connectivity index (χ0v) is 17.5. The summed E-state index contributed by atoms with van der Waals surface area (Å²) in [6.45, 7) is 2.61. The van der Waals surface area contributed by atoms with Crippen LogP contribution in [0.1, 0.15) is 19.9 Å². The van der Waals surface area contributed by atoms with E-state index in [1.807, 2.05) is 4.72 Å². The molecule has 2 N–H and O–H groups in total. The number of nitrogens with one attached hydrogen (secondary N) is 2. The van der Waals surface area contributed by atoms with Crippen LogP contribution in [-0.4, -0.2) is 35.0 Å². The molecule has 10 nitrogen and oxygen atoms in total. The fraction of sp³-hybridized carbons (Fsp3) is 0.150. The molecule has 0 spiro atoms. The number of hydrogen-bond acceptors (Lipinski definition) is 7. The van der Waals surface area contributed by atoms with Crippen molar-refractivity contribution in [2.45, 2.75) is 24.8 Å². The Morgan fingerprint density at radius 3 is 2.39 bits per heavy atom. The van der Waals surface area contributed by atoms with E-state index in [9.17, 15) is 22.8 Å². The first-order chi connectivity index (χ1) is 14.7. The summed E-state index contributed by atoms with van der Waals surface area (Å²) in [6.07, 6.45) is 3.21. The fourth-order valence-electron chi connectivity index (χ4n) is 2.69. The van der Waals surface area contributed by atoms with Crippen molar-refractivity contribution in [3.05, 3.63) is 71.3 Å². The molecule has 0 radical (unpaired) electrons. The maximum absolute atomic E-state index is 12.6. The van der Waals surface area contributed by atoms with Gasteiger partial charge in [0.05, 0.1) is 10.6 Å². The third-order valence-electron chi connectivity index (χ3n) is 4.24. The van der Waals surface area contributed by atoms with Crippen molar-refractivity contribution >= 4 is 27.5 Å². The van der Waals surface area contributed by atoms with E-state index in [1.165, 1.54) is 37.3 Å². The highest BCUT2D eigenvalue weighted by Crippen LogP contribution is 2.17. The van der Waals surface area contributed by atoms with Gasteiger partial charge in [0.2, 0.25) is 11.8 Å². The van der Waals surface area contributed by atoms with Crippen LogP contribution >= 0.6 is 0 Å². The maximum atomic E-state index is 12.6. The van der Waals surface area contributed by atoms with E-state index < -0.39 is 33.4 Å². The molecule has 0 aliphatic carbocycles. The highest BCUT2D eigenvalue weighted by Gasteiger charge is 2.19. The number of pyridine rings is 1. The summed E-state index contributed by atoms with van der Waals surface area (Å²) in [5, 5.41) is 6.88. The molecule has 1 unspecified atom stereocenters. The third kappa shape index (κ3) is 5.20. The van der Waals surface area contributed by atoms with Gasteiger partial charge in [-0.05, 0) is 49.4 Å². The molecule has 0 aliphatic heterocycles. The molecule has 3 aromatic rings. The zero-order chi connectivity index (χ0) is 22.6. The molecule has 2 heterocycles. The fourth-order valence-corrected chi connectivity index (χ4v) is 3.68. The number of nitrogens with zero attached hydrogens (tertiary/aromatic N) is 3. The molecular weight excluding hydrogens is 422 g/mol.